The number of carboxylic acids is 1. The van der Waals surface area contributed by atoms with E-state index in [1.54, 1.807) is 12.3 Å². The molecule has 2 rings (SSSR count). The van der Waals surface area contributed by atoms with E-state index >= 15 is 0 Å². The van der Waals surface area contributed by atoms with Gasteiger partial charge in [-0.3, -0.25) is 0 Å². The SMILES string of the molecule is CC(C)(C)c1cc(C(=O)O)c2[nH]ccc2c1. The Morgan fingerprint density at radius 3 is 2.56 bits per heavy atom. The molecule has 1 aromatic heterocycles. The number of hydrogen-bond acceptors (Lipinski definition) is 1. The van der Waals surface area contributed by atoms with Gasteiger partial charge in [0.25, 0.3) is 0 Å². The zero-order valence-corrected chi connectivity index (χ0v) is 9.66. The Bertz CT molecular complexity index is 547. The second-order valence-corrected chi connectivity index (χ2v) is 5.02. The molecule has 0 amide bonds. The fourth-order valence-electron chi connectivity index (χ4n) is 1.77. The van der Waals surface area contributed by atoms with E-state index in [1.165, 1.54) is 0 Å². The lowest BCUT2D eigenvalue weighted by molar-refractivity contribution is 0.0698. The van der Waals surface area contributed by atoms with E-state index in [9.17, 15) is 9.90 Å². The van der Waals surface area contributed by atoms with Gasteiger partial charge in [0.15, 0.2) is 0 Å². The number of nitrogens with one attached hydrogen (secondary N) is 1. The summed E-state index contributed by atoms with van der Waals surface area (Å²) < 4.78 is 0. The first-order valence-corrected chi connectivity index (χ1v) is 5.24. The van der Waals surface area contributed by atoms with Crippen molar-refractivity contribution in [2.45, 2.75) is 26.2 Å². The monoisotopic (exact) mass is 217 g/mol. The van der Waals surface area contributed by atoms with E-state index in [-0.39, 0.29) is 5.41 Å². The van der Waals surface area contributed by atoms with Gasteiger partial charge in [0, 0.05) is 11.6 Å². The first-order chi connectivity index (χ1) is 7.39. The van der Waals surface area contributed by atoms with Crippen molar-refractivity contribution >= 4 is 16.9 Å². The van der Waals surface area contributed by atoms with Gasteiger partial charge in [0.2, 0.25) is 0 Å². The fraction of sp³-hybridized carbons (Fsp3) is 0.308. The van der Waals surface area contributed by atoms with Crippen molar-refractivity contribution in [1.29, 1.82) is 0 Å². The molecule has 1 heterocycles. The van der Waals surface area contributed by atoms with Gasteiger partial charge in [0.1, 0.15) is 0 Å². The van der Waals surface area contributed by atoms with Crippen LogP contribution in [0.15, 0.2) is 24.4 Å². The largest absolute Gasteiger partial charge is 0.478 e. The van der Waals surface area contributed by atoms with E-state index in [2.05, 4.69) is 25.8 Å². The van der Waals surface area contributed by atoms with Crippen LogP contribution in [0.25, 0.3) is 10.9 Å². The predicted octanol–water partition coefficient (Wildman–Crippen LogP) is 3.16. The smallest absolute Gasteiger partial charge is 0.337 e. The number of aromatic nitrogens is 1. The highest BCUT2D eigenvalue weighted by Gasteiger charge is 2.18. The minimum Gasteiger partial charge on any atom is -0.478 e. The highest BCUT2D eigenvalue weighted by Crippen LogP contribution is 2.28. The van der Waals surface area contributed by atoms with Gasteiger partial charge < -0.3 is 10.1 Å². The minimum absolute atomic E-state index is 0.0460. The maximum Gasteiger partial charge on any atom is 0.337 e. The van der Waals surface area contributed by atoms with Crippen molar-refractivity contribution in [2.75, 3.05) is 0 Å². The van der Waals surface area contributed by atoms with Gasteiger partial charge in [-0.15, -0.1) is 0 Å². The molecule has 0 aliphatic rings. The molecule has 0 saturated carbocycles. The molecule has 16 heavy (non-hydrogen) atoms. The number of hydrogen-bond donors (Lipinski definition) is 2. The number of benzene rings is 1. The normalized spacial score (nSPS) is 11.9. The Morgan fingerprint density at radius 2 is 2.00 bits per heavy atom. The highest BCUT2D eigenvalue weighted by molar-refractivity contribution is 6.02. The molecular weight excluding hydrogens is 202 g/mol. The third-order valence-corrected chi connectivity index (χ3v) is 2.76. The number of carboxylic acid groups (broad SMARTS) is 1. The molecule has 0 atom stereocenters. The van der Waals surface area contributed by atoms with Crippen LogP contribution in [0.3, 0.4) is 0 Å². The Balaban J connectivity index is 2.76. The quantitative estimate of drug-likeness (QED) is 0.770. The lowest BCUT2D eigenvalue weighted by Gasteiger charge is -2.19. The molecule has 0 aliphatic carbocycles. The van der Waals surface area contributed by atoms with Crippen LogP contribution < -0.4 is 0 Å². The van der Waals surface area contributed by atoms with Gasteiger partial charge in [-0.25, -0.2) is 4.79 Å². The summed E-state index contributed by atoms with van der Waals surface area (Å²) in [7, 11) is 0. The highest BCUT2D eigenvalue weighted by atomic mass is 16.4. The predicted molar refractivity (Wildman–Crippen MR) is 64.0 cm³/mol. The maximum absolute atomic E-state index is 11.2. The van der Waals surface area contributed by atoms with Crippen LogP contribution in [-0.2, 0) is 5.41 Å². The van der Waals surface area contributed by atoms with E-state index < -0.39 is 5.97 Å². The average Bonchev–Trinajstić information content (AvgIpc) is 2.61. The van der Waals surface area contributed by atoms with Gasteiger partial charge in [0.05, 0.1) is 11.1 Å². The molecule has 0 bridgehead atoms. The zero-order valence-electron chi connectivity index (χ0n) is 9.66. The first-order valence-electron chi connectivity index (χ1n) is 5.24. The summed E-state index contributed by atoms with van der Waals surface area (Å²) in [5.74, 6) is -0.890. The molecule has 0 unspecified atom stereocenters. The van der Waals surface area contributed by atoms with Crippen LogP contribution in [0.1, 0.15) is 36.7 Å². The fourth-order valence-corrected chi connectivity index (χ4v) is 1.77. The summed E-state index contributed by atoms with van der Waals surface area (Å²) in [6.45, 7) is 6.23. The van der Waals surface area contributed by atoms with Crippen molar-refractivity contribution in [3.05, 3.63) is 35.5 Å². The van der Waals surface area contributed by atoms with Crippen molar-refractivity contribution in [2.24, 2.45) is 0 Å². The Labute approximate surface area is 94.1 Å². The van der Waals surface area contributed by atoms with E-state index in [1.807, 2.05) is 12.1 Å². The van der Waals surface area contributed by atoms with Gasteiger partial charge in [-0.05, 0) is 29.2 Å². The van der Waals surface area contributed by atoms with Crippen molar-refractivity contribution in [3.63, 3.8) is 0 Å². The van der Waals surface area contributed by atoms with Crippen LogP contribution in [0.5, 0.6) is 0 Å². The molecular formula is C13H15NO2. The van der Waals surface area contributed by atoms with Crippen LogP contribution >= 0.6 is 0 Å². The standard InChI is InChI=1S/C13H15NO2/c1-13(2,3)9-6-8-4-5-14-11(8)10(7-9)12(15)16/h4-7,14H,1-3H3,(H,15,16). The molecule has 3 nitrogen and oxygen atoms in total. The third kappa shape index (κ3) is 1.69. The number of rotatable bonds is 1. The molecule has 2 aromatic rings. The summed E-state index contributed by atoms with van der Waals surface area (Å²) in [6.07, 6.45) is 1.77. The Hall–Kier alpha value is -1.77. The summed E-state index contributed by atoms with van der Waals surface area (Å²) in [4.78, 5) is 14.1. The van der Waals surface area contributed by atoms with Crippen LogP contribution in [0.2, 0.25) is 0 Å². The van der Waals surface area contributed by atoms with Crippen molar-refractivity contribution in [1.82, 2.24) is 4.98 Å². The molecule has 0 spiro atoms. The second kappa shape index (κ2) is 3.37. The Morgan fingerprint density at radius 1 is 1.31 bits per heavy atom. The van der Waals surface area contributed by atoms with Gasteiger partial charge in [-0.1, -0.05) is 20.8 Å². The zero-order chi connectivity index (χ0) is 11.9. The molecule has 0 saturated heterocycles. The van der Waals surface area contributed by atoms with Crippen molar-refractivity contribution in [3.8, 4) is 0 Å². The third-order valence-electron chi connectivity index (χ3n) is 2.76. The topological polar surface area (TPSA) is 53.1 Å². The number of aromatic amines is 1. The molecule has 2 N–H and O–H groups in total. The minimum atomic E-state index is -0.890. The van der Waals surface area contributed by atoms with Crippen LogP contribution in [0.4, 0.5) is 0 Å². The number of carbonyl (C=O) groups is 1. The summed E-state index contributed by atoms with van der Waals surface area (Å²) in [5.41, 5.74) is 2.03. The van der Waals surface area contributed by atoms with Gasteiger partial charge in [-0.2, -0.15) is 0 Å². The molecule has 0 fully saturated rings. The van der Waals surface area contributed by atoms with Crippen LogP contribution in [0, 0.1) is 0 Å². The molecule has 1 aromatic carbocycles. The maximum atomic E-state index is 11.2. The number of fused-ring (bicyclic) bond motifs is 1. The second-order valence-electron chi connectivity index (χ2n) is 5.02. The molecule has 84 valence electrons. The summed E-state index contributed by atoms with van der Waals surface area (Å²) in [6, 6.07) is 5.69. The summed E-state index contributed by atoms with van der Waals surface area (Å²) in [5, 5.41) is 10.1. The average molecular weight is 217 g/mol. The van der Waals surface area contributed by atoms with E-state index in [4.69, 9.17) is 0 Å². The molecule has 0 radical (unpaired) electrons. The lowest BCUT2D eigenvalue weighted by Crippen LogP contribution is -2.12. The molecule has 0 aliphatic heterocycles. The lowest BCUT2D eigenvalue weighted by atomic mass is 9.85. The number of aromatic carboxylic acids is 1. The van der Waals surface area contributed by atoms with Crippen LogP contribution in [-0.4, -0.2) is 16.1 Å². The summed E-state index contributed by atoms with van der Waals surface area (Å²) >= 11 is 0. The number of H-pyrrole nitrogens is 1. The molecule has 3 heteroatoms. The van der Waals surface area contributed by atoms with Crippen molar-refractivity contribution < 1.29 is 9.90 Å². The Kier molecular flexibility index (Phi) is 2.26. The van der Waals surface area contributed by atoms with Gasteiger partial charge >= 0.3 is 5.97 Å². The first kappa shape index (κ1) is 10.7. The van der Waals surface area contributed by atoms with E-state index in [0.717, 1.165) is 10.9 Å². The van der Waals surface area contributed by atoms with E-state index in [0.29, 0.717) is 11.1 Å².